The Morgan fingerprint density at radius 3 is 2.41 bits per heavy atom. The van der Waals surface area contributed by atoms with E-state index in [-0.39, 0.29) is 9.79 Å². The van der Waals surface area contributed by atoms with Crippen molar-refractivity contribution in [1.82, 2.24) is 5.32 Å². The van der Waals surface area contributed by atoms with Crippen LogP contribution in [-0.4, -0.2) is 21.5 Å². The van der Waals surface area contributed by atoms with Gasteiger partial charge < -0.3 is 5.32 Å². The molecule has 116 valence electrons. The van der Waals surface area contributed by atoms with Gasteiger partial charge in [-0.05, 0) is 96.0 Å². The normalized spacial score (nSPS) is 15.2. The predicted octanol–water partition coefficient (Wildman–Crippen LogP) is 2.95. The number of sulfone groups is 1. The van der Waals surface area contributed by atoms with Gasteiger partial charge in [-0.15, -0.1) is 0 Å². The minimum Gasteiger partial charge on any atom is -0.316 e. The lowest BCUT2D eigenvalue weighted by Crippen LogP contribution is -2.16. The number of hydrogen-bond donors (Lipinski definition) is 1. The number of rotatable bonds is 2. The summed E-state index contributed by atoms with van der Waals surface area (Å²) in [6.07, 6.45) is 1.72. The second-order valence-electron chi connectivity index (χ2n) is 5.25. The van der Waals surface area contributed by atoms with Crippen molar-refractivity contribution in [2.24, 2.45) is 0 Å². The van der Waals surface area contributed by atoms with Gasteiger partial charge in [-0.3, -0.25) is 0 Å². The molecular formula is C16H15FINO2S. The number of fused-ring (bicyclic) bond motifs is 1. The van der Waals surface area contributed by atoms with Crippen LogP contribution in [0.2, 0.25) is 0 Å². The van der Waals surface area contributed by atoms with Crippen LogP contribution in [0.15, 0.2) is 46.2 Å². The largest absolute Gasteiger partial charge is 0.316 e. The van der Waals surface area contributed by atoms with Gasteiger partial charge in [0.25, 0.3) is 0 Å². The lowest BCUT2D eigenvalue weighted by Gasteiger charge is -2.12. The van der Waals surface area contributed by atoms with Gasteiger partial charge in [-0.2, -0.15) is 0 Å². The van der Waals surface area contributed by atoms with E-state index in [9.17, 15) is 12.8 Å². The van der Waals surface area contributed by atoms with E-state index in [0.29, 0.717) is 0 Å². The monoisotopic (exact) mass is 431 g/mol. The summed E-state index contributed by atoms with van der Waals surface area (Å²) in [5.41, 5.74) is 2.31. The zero-order valence-corrected chi connectivity index (χ0v) is 14.7. The van der Waals surface area contributed by atoms with E-state index in [1.807, 2.05) is 0 Å². The fraction of sp³-hybridized carbons (Fsp3) is 0.250. The van der Waals surface area contributed by atoms with Crippen LogP contribution in [0.1, 0.15) is 11.1 Å². The summed E-state index contributed by atoms with van der Waals surface area (Å²) in [6.45, 7) is 1.76. The molecule has 0 atom stereocenters. The number of halogens is 2. The molecule has 1 aliphatic heterocycles. The maximum absolute atomic E-state index is 13.0. The Hall–Kier alpha value is -0.990. The van der Waals surface area contributed by atoms with E-state index in [1.165, 1.54) is 29.8 Å². The third-order valence-electron chi connectivity index (χ3n) is 3.82. The zero-order valence-electron chi connectivity index (χ0n) is 11.8. The van der Waals surface area contributed by atoms with Gasteiger partial charge in [0.1, 0.15) is 5.82 Å². The summed E-state index contributed by atoms with van der Waals surface area (Å²) in [5, 5.41) is 3.32. The zero-order chi connectivity index (χ0) is 15.7. The molecule has 0 saturated carbocycles. The van der Waals surface area contributed by atoms with Crippen molar-refractivity contribution in [1.29, 1.82) is 0 Å². The molecule has 0 unspecified atom stereocenters. The van der Waals surface area contributed by atoms with Crippen molar-refractivity contribution in [3.05, 3.63) is 56.9 Å². The minimum atomic E-state index is -3.62. The van der Waals surface area contributed by atoms with Crippen molar-refractivity contribution >= 4 is 32.4 Å². The van der Waals surface area contributed by atoms with E-state index >= 15 is 0 Å². The number of hydrogen-bond acceptors (Lipinski definition) is 3. The lowest BCUT2D eigenvalue weighted by atomic mass is 10.0. The molecule has 3 rings (SSSR count). The Morgan fingerprint density at radius 2 is 1.68 bits per heavy atom. The van der Waals surface area contributed by atoms with Crippen LogP contribution in [0.3, 0.4) is 0 Å². The molecule has 6 heteroatoms. The first-order valence-corrected chi connectivity index (χ1v) is 9.57. The SMILES string of the molecule is O=S(=O)(c1ccc(F)cc1)c1cc(I)c2c(c1)CCNCC2. The summed E-state index contributed by atoms with van der Waals surface area (Å²) < 4.78 is 39.4. The third kappa shape index (κ3) is 3.04. The molecule has 0 aliphatic carbocycles. The predicted molar refractivity (Wildman–Crippen MR) is 91.3 cm³/mol. The molecule has 0 aromatic heterocycles. The van der Waals surface area contributed by atoms with Crippen LogP contribution < -0.4 is 5.32 Å². The second kappa shape index (κ2) is 6.25. The van der Waals surface area contributed by atoms with Crippen LogP contribution in [-0.2, 0) is 22.7 Å². The first-order chi connectivity index (χ1) is 10.5. The van der Waals surface area contributed by atoms with Crippen molar-refractivity contribution in [3.63, 3.8) is 0 Å². The Morgan fingerprint density at radius 1 is 1.00 bits per heavy atom. The first kappa shape index (κ1) is 15.9. The summed E-state index contributed by atoms with van der Waals surface area (Å²) in [6, 6.07) is 8.44. The lowest BCUT2D eigenvalue weighted by molar-refractivity contribution is 0.594. The molecule has 0 fully saturated rings. The van der Waals surface area contributed by atoms with Crippen molar-refractivity contribution in [2.75, 3.05) is 13.1 Å². The molecule has 2 aromatic rings. The first-order valence-electron chi connectivity index (χ1n) is 7.01. The van der Waals surface area contributed by atoms with Crippen molar-refractivity contribution < 1.29 is 12.8 Å². The molecule has 0 spiro atoms. The topological polar surface area (TPSA) is 46.2 Å². The average molecular weight is 431 g/mol. The maximum Gasteiger partial charge on any atom is 0.206 e. The molecular weight excluding hydrogens is 416 g/mol. The molecule has 3 nitrogen and oxygen atoms in total. The fourth-order valence-corrected chi connectivity index (χ4v) is 5.14. The molecule has 1 aliphatic rings. The summed E-state index contributed by atoms with van der Waals surface area (Å²) in [7, 11) is -3.62. The standard InChI is InChI=1S/C16H15FINO2S/c17-12-1-3-13(4-2-12)22(20,21)14-9-11-5-7-19-8-6-15(11)16(18)10-14/h1-4,9-10,19H,5-8H2. The van der Waals surface area contributed by atoms with Crippen LogP contribution in [0.5, 0.6) is 0 Å². The average Bonchev–Trinajstić information content (AvgIpc) is 2.73. The highest BCUT2D eigenvalue weighted by Gasteiger charge is 2.21. The Balaban J connectivity index is 2.10. The van der Waals surface area contributed by atoms with Gasteiger partial charge in [-0.1, -0.05) is 0 Å². The molecule has 2 aromatic carbocycles. The van der Waals surface area contributed by atoms with Gasteiger partial charge in [0, 0.05) is 3.57 Å². The van der Waals surface area contributed by atoms with E-state index in [2.05, 4.69) is 27.9 Å². The molecule has 1 N–H and O–H groups in total. The highest BCUT2D eigenvalue weighted by molar-refractivity contribution is 14.1. The fourth-order valence-electron chi connectivity index (χ4n) is 2.64. The Kier molecular flexibility index (Phi) is 4.52. The molecule has 22 heavy (non-hydrogen) atoms. The molecule has 0 radical (unpaired) electrons. The number of nitrogens with one attached hydrogen (secondary N) is 1. The van der Waals surface area contributed by atoms with E-state index in [4.69, 9.17) is 0 Å². The summed E-state index contributed by atoms with van der Waals surface area (Å²) in [5.74, 6) is -0.443. The molecule has 0 amide bonds. The van der Waals surface area contributed by atoms with E-state index < -0.39 is 15.7 Å². The Bertz CT molecular complexity index is 804. The van der Waals surface area contributed by atoms with Gasteiger partial charge in [0.05, 0.1) is 9.79 Å². The van der Waals surface area contributed by atoms with Gasteiger partial charge in [0.2, 0.25) is 9.84 Å². The molecule has 1 heterocycles. The van der Waals surface area contributed by atoms with Gasteiger partial charge in [-0.25, -0.2) is 12.8 Å². The highest BCUT2D eigenvalue weighted by atomic mass is 127. The summed E-state index contributed by atoms with van der Waals surface area (Å²) >= 11 is 2.20. The smallest absolute Gasteiger partial charge is 0.206 e. The van der Waals surface area contributed by atoms with Crippen LogP contribution in [0.4, 0.5) is 4.39 Å². The third-order valence-corrected chi connectivity index (χ3v) is 6.53. The van der Waals surface area contributed by atoms with Crippen LogP contribution in [0.25, 0.3) is 0 Å². The van der Waals surface area contributed by atoms with Crippen molar-refractivity contribution in [3.8, 4) is 0 Å². The van der Waals surface area contributed by atoms with Crippen LogP contribution >= 0.6 is 22.6 Å². The van der Waals surface area contributed by atoms with E-state index in [0.717, 1.165) is 35.1 Å². The van der Waals surface area contributed by atoms with Crippen LogP contribution in [0, 0.1) is 9.39 Å². The highest BCUT2D eigenvalue weighted by Crippen LogP contribution is 2.28. The molecule has 0 bridgehead atoms. The minimum absolute atomic E-state index is 0.122. The van der Waals surface area contributed by atoms with Crippen molar-refractivity contribution in [2.45, 2.75) is 22.6 Å². The second-order valence-corrected chi connectivity index (χ2v) is 8.36. The molecule has 0 saturated heterocycles. The van der Waals surface area contributed by atoms with Gasteiger partial charge >= 0.3 is 0 Å². The van der Waals surface area contributed by atoms with Gasteiger partial charge in [0.15, 0.2) is 0 Å². The Labute approximate surface area is 143 Å². The summed E-state index contributed by atoms with van der Waals surface area (Å²) in [4.78, 5) is 0.403. The van der Waals surface area contributed by atoms with E-state index in [1.54, 1.807) is 12.1 Å². The quantitative estimate of drug-likeness (QED) is 0.588. The maximum atomic E-state index is 13.0. The number of benzene rings is 2.